The van der Waals surface area contributed by atoms with E-state index in [1.165, 1.54) is 25.7 Å². The van der Waals surface area contributed by atoms with Crippen LogP contribution in [0.4, 0.5) is 11.8 Å². The lowest BCUT2D eigenvalue weighted by atomic mass is 10.2. The fraction of sp³-hybridized carbons (Fsp3) is 0.667. The summed E-state index contributed by atoms with van der Waals surface area (Å²) in [5, 5.41) is 12.2. The van der Waals surface area contributed by atoms with Crippen molar-refractivity contribution in [1.29, 1.82) is 0 Å². The van der Waals surface area contributed by atoms with Crippen molar-refractivity contribution >= 4 is 22.9 Å². The number of nitrogen functional groups attached to an aromatic ring is 1. The van der Waals surface area contributed by atoms with Crippen molar-refractivity contribution in [2.24, 2.45) is 0 Å². The molecular weight excluding hydrogens is 242 g/mol. The van der Waals surface area contributed by atoms with Crippen LogP contribution in [0, 0.1) is 0 Å². The highest BCUT2D eigenvalue weighted by atomic mass is 15.5. The Hall–Kier alpha value is -1.92. The molecule has 7 nitrogen and oxygen atoms in total. The van der Waals surface area contributed by atoms with Crippen molar-refractivity contribution in [2.75, 3.05) is 11.1 Å². The standard InChI is InChI=1S/C12H19N7/c1-7(2)19-17-9-10(14-8-5-3-4-6-8)15-12(13)16-11(9)18-19/h7-8H,3-6H2,1-2H3,(H3,13,14,15,16,18). The van der Waals surface area contributed by atoms with Gasteiger partial charge in [0.2, 0.25) is 11.6 Å². The Morgan fingerprint density at radius 3 is 2.63 bits per heavy atom. The predicted molar refractivity (Wildman–Crippen MR) is 73.8 cm³/mol. The van der Waals surface area contributed by atoms with Crippen molar-refractivity contribution in [3.63, 3.8) is 0 Å². The molecule has 1 aliphatic rings. The molecule has 0 amide bonds. The van der Waals surface area contributed by atoms with Crippen molar-refractivity contribution in [1.82, 2.24) is 25.0 Å². The van der Waals surface area contributed by atoms with Crippen LogP contribution in [0.2, 0.25) is 0 Å². The average Bonchev–Trinajstić information content (AvgIpc) is 2.97. The molecular formula is C12H19N7. The lowest BCUT2D eigenvalue weighted by Crippen LogP contribution is -2.16. The van der Waals surface area contributed by atoms with Gasteiger partial charge in [0.25, 0.3) is 0 Å². The minimum absolute atomic E-state index is 0.190. The largest absolute Gasteiger partial charge is 0.368 e. The Kier molecular flexibility index (Phi) is 2.96. The molecule has 0 bridgehead atoms. The molecule has 1 fully saturated rings. The number of rotatable bonds is 3. The number of anilines is 2. The van der Waals surface area contributed by atoms with Crippen LogP contribution in [0.15, 0.2) is 0 Å². The first-order valence-electron chi connectivity index (χ1n) is 6.80. The van der Waals surface area contributed by atoms with Crippen LogP contribution in [0.25, 0.3) is 11.2 Å². The predicted octanol–water partition coefficient (Wildman–Crippen LogP) is 1.74. The molecule has 2 aromatic heterocycles. The molecule has 0 aromatic carbocycles. The Morgan fingerprint density at radius 2 is 1.95 bits per heavy atom. The van der Waals surface area contributed by atoms with Crippen LogP contribution in [0.5, 0.6) is 0 Å². The molecule has 102 valence electrons. The Balaban J connectivity index is 2.00. The summed E-state index contributed by atoms with van der Waals surface area (Å²) < 4.78 is 0. The molecule has 2 heterocycles. The fourth-order valence-electron chi connectivity index (χ4n) is 2.44. The topological polar surface area (TPSA) is 94.5 Å². The fourth-order valence-corrected chi connectivity index (χ4v) is 2.44. The first kappa shape index (κ1) is 12.1. The second-order valence-electron chi connectivity index (χ2n) is 5.34. The smallest absolute Gasteiger partial charge is 0.224 e. The molecule has 7 heteroatoms. The van der Waals surface area contributed by atoms with Gasteiger partial charge in [-0.05, 0) is 26.7 Å². The van der Waals surface area contributed by atoms with Crippen molar-refractivity contribution in [3.05, 3.63) is 0 Å². The summed E-state index contributed by atoms with van der Waals surface area (Å²) in [7, 11) is 0. The van der Waals surface area contributed by atoms with Crippen molar-refractivity contribution < 1.29 is 0 Å². The van der Waals surface area contributed by atoms with E-state index in [9.17, 15) is 0 Å². The van der Waals surface area contributed by atoms with Crippen LogP contribution in [0.3, 0.4) is 0 Å². The molecule has 1 aliphatic carbocycles. The number of hydrogen-bond acceptors (Lipinski definition) is 6. The molecule has 0 atom stereocenters. The second-order valence-corrected chi connectivity index (χ2v) is 5.34. The summed E-state index contributed by atoms with van der Waals surface area (Å²) in [6, 6.07) is 0.649. The molecule has 2 aromatic rings. The molecule has 0 saturated heterocycles. The van der Waals surface area contributed by atoms with Gasteiger partial charge in [-0.25, -0.2) is 0 Å². The zero-order valence-electron chi connectivity index (χ0n) is 11.3. The van der Waals surface area contributed by atoms with Gasteiger partial charge in [0, 0.05) is 6.04 Å². The van der Waals surface area contributed by atoms with Crippen LogP contribution in [-0.2, 0) is 0 Å². The zero-order chi connectivity index (χ0) is 13.4. The number of nitrogens with zero attached hydrogens (tertiary/aromatic N) is 5. The van der Waals surface area contributed by atoms with Gasteiger partial charge in [-0.2, -0.15) is 14.8 Å². The van der Waals surface area contributed by atoms with Gasteiger partial charge in [-0.1, -0.05) is 12.8 Å². The maximum Gasteiger partial charge on any atom is 0.224 e. The highest BCUT2D eigenvalue weighted by molar-refractivity contribution is 5.83. The molecule has 0 radical (unpaired) electrons. The SMILES string of the molecule is CC(C)n1nc2nc(N)nc(NC3CCCC3)c2n1. The van der Waals surface area contributed by atoms with Gasteiger partial charge >= 0.3 is 0 Å². The van der Waals surface area contributed by atoms with E-state index in [4.69, 9.17) is 5.73 Å². The number of hydrogen-bond donors (Lipinski definition) is 2. The van der Waals surface area contributed by atoms with Crippen LogP contribution in [0.1, 0.15) is 45.6 Å². The summed E-state index contributed by atoms with van der Waals surface area (Å²) in [5.74, 6) is 0.949. The number of fused-ring (bicyclic) bond motifs is 1. The number of nitrogens with one attached hydrogen (secondary N) is 1. The maximum atomic E-state index is 5.75. The van der Waals surface area contributed by atoms with Crippen molar-refractivity contribution in [3.8, 4) is 0 Å². The van der Waals surface area contributed by atoms with E-state index in [1.54, 1.807) is 4.80 Å². The van der Waals surface area contributed by atoms with Gasteiger partial charge in [0.15, 0.2) is 11.3 Å². The third-order valence-electron chi connectivity index (χ3n) is 3.44. The quantitative estimate of drug-likeness (QED) is 0.874. The molecule has 0 unspecified atom stereocenters. The summed E-state index contributed by atoms with van der Waals surface area (Å²) in [6.07, 6.45) is 4.87. The van der Waals surface area contributed by atoms with E-state index in [1.807, 2.05) is 13.8 Å². The summed E-state index contributed by atoms with van der Waals surface area (Å²) >= 11 is 0. The van der Waals surface area contributed by atoms with E-state index in [0.29, 0.717) is 23.0 Å². The van der Waals surface area contributed by atoms with Crippen LogP contribution in [-0.4, -0.2) is 31.0 Å². The third kappa shape index (κ3) is 2.32. The van der Waals surface area contributed by atoms with Crippen LogP contribution >= 0.6 is 0 Å². The molecule has 3 rings (SSSR count). The van der Waals surface area contributed by atoms with Gasteiger partial charge in [0.1, 0.15) is 0 Å². The third-order valence-corrected chi connectivity index (χ3v) is 3.44. The van der Waals surface area contributed by atoms with Gasteiger partial charge in [0.05, 0.1) is 6.04 Å². The minimum Gasteiger partial charge on any atom is -0.368 e. The Labute approximate surface area is 111 Å². The van der Waals surface area contributed by atoms with Crippen LogP contribution < -0.4 is 11.1 Å². The van der Waals surface area contributed by atoms with E-state index in [-0.39, 0.29) is 12.0 Å². The normalized spacial score (nSPS) is 16.6. The lowest BCUT2D eigenvalue weighted by molar-refractivity contribution is 0.471. The first-order valence-corrected chi connectivity index (χ1v) is 6.80. The summed E-state index contributed by atoms with van der Waals surface area (Å²) in [5.41, 5.74) is 7.01. The van der Waals surface area contributed by atoms with Gasteiger partial charge in [-0.3, -0.25) is 0 Å². The maximum absolute atomic E-state index is 5.75. The monoisotopic (exact) mass is 261 g/mol. The number of aromatic nitrogens is 5. The summed E-state index contributed by atoms with van der Waals surface area (Å²) in [4.78, 5) is 10.1. The molecule has 1 saturated carbocycles. The second kappa shape index (κ2) is 4.64. The Bertz CT molecular complexity index is 583. The minimum atomic E-state index is 0.190. The molecule has 19 heavy (non-hydrogen) atoms. The Morgan fingerprint density at radius 1 is 1.21 bits per heavy atom. The summed E-state index contributed by atoms with van der Waals surface area (Å²) in [6.45, 7) is 4.06. The number of nitrogens with two attached hydrogens (primary N) is 1. The highest BCUT2D eigenvalue weighted by Gasteiger charge is 2.19. The average molecular weight is 261 g/mol. The van der Waals surface area contributed by atoms with Crippen molar-refractivity contribution in [2.45, 2.75) is 51.6 Å². The first-order chi connectivity index (χ1) is 9.13. The molecule has 0 spiro atoms. The van der Waals surface area contributed by atoms with E-state index >= 15 is 0 Å². The van der Waals surface area contributed by atoms with E-state index in [0.717, 1.165) is 0 Å². The molecule has 3 N–H and O–H groups in total. The van der Waals surface area contributed by atoms with Gasteiger partial charge < -0.3 is 11.1 Å². The van der Waals surface area contributed by atoms with E-state index in [2.05, 4.69) is 25.5 Å². The van der Waals surface area contributed by atoms with Gasteiger partial charge in [-0.15, -0.1) is 10.2 Å². The lowest BCUT2D eigenvalue weighted by Gasteiger charge is -2.12. The van der Waals surface area contributed by atoms with E-state index < -0.39 is 0 Å². The highest BCUT2D eigenvalue weighted by Crippen LogP contribution is 2.25. The zero-order valence-corrected chi connectivity index (χ0v) is 11.3. The molecule has 0 aliphatic heterocycles.